The van der Waals surface area contributed by atoms with E-state index in [-0.39, 0.29) is 23.1 Å². The van der Waals surface area contributed by atoms with Crippen LogP contribution in [0.15, 0.2) is 24.0 Å². The first-order chi connectivity index (χ1) is 14.9. The van der Waals surface area contributed by atoms with Gasteiger partial charge in [-0.05, 0) is 56.2 Å². The summed E-state index contributed by atoms with van der Waals surface area (Å²) >= 11 is 0. The van der Waals surface area contributed by atoms with Crippen LogP contribution in [0.2, 0.25) is 0 Å². The predicted octanol–water partition coefficient (Wildman–Crippen LogP) is 3.37. The molecule has 1 fully saturated rings. The van der Waals surface area contributed by atoms with Crippen molar-refractivity contribution in [2.75, 3.05) is 13.1 Å². The number of piperidine rings is 1. The minimum atomic E-state index is -0.0771. The molecule has 1 amide bonds. The van der Waals surface area contributed by atoms with Crippen molar-refractivity contribution in [1.29, 1.82) is 5.26 Å². The smallest absolute Gasteiger partial charge is 0.255 e. The number of aromatic nitrogens is 3. The molecule has 2 aromatic rings. The average molecular weight is 415 g/mol. The summed E-state index contributed by atoms with van der Waals surface area (Å²) in [6.07, 6.45) is 8.83. The number of nitrogens with zero attached hydrogens (tertiary/aromatic N) is 5. The van der Waals surface area contributed by atoms with Crippen molar-refractivity contribution in [3.05, 3.63) is 52.1 Å². The largest absolute Gasteiger partial charge is 0.339 e. The van der Waals surface area contributed by atoms with Crippen molar-refractivity contribution in [1.82, 2.24) is 19.7 Å². The molecule has 1 saturated heterocycles. The van der Waals surface area contributed by atoms with Gasteiger partial charge < -0.3 is 4.90 Å². The molecule has 3 heterocycles. The molecular weight excluding hydrogens is 390 g/mol. The number of amides is 1. The van der Waals surface area contributed by atoms with Gasteiger partial charge in [-0.3, -0.25) is 19.3 Å². The summed E-state index contributed by atoms with van der Waals surface area (Å²) in [5, 5.41) is 13.5. The molecule has 2 aromatic heterocycles. The number of nitriles is 1. The molecule has 0 N–H and O–H groups in total. The number of hydrogen-bond acceptors (Lipinski definition) is 5. The van der Waals surface area contributed by atoms with Crippen molar-refractivity contribution in [2.45, 2.75) is 52.0 Å². The van der Waals surface area contributed by atoms with Gasteiger partial charge in [0.25, 0.3) is 5.91 Å². The second-order valence-electron chi connectivity index (χ2n) is 9.34. The normalized spacial score (nSPS) is 19.2. The van der Waals surface area contributed by atoms with Crippen LogP contribution in [0.4, 0.5) is 0 Å². The highest BCUT2D eigenvalue weighted by atomic mass is 16.2. The summed E-state index contributed by atoms with van der Waals surface area (Å²) in [6, 6.07) is 4.18. The lowest BCUT2D eigenvalue weighted by Crippen LogP contribution is -2.46. The molecule has 0 saturated carbocycles. The van der Waals surface area contributed by atoms with Gasteiger partial charge in [-0.2, -0.15) is 10.4 Å². The van der Waals surface area contributed by atoms with Crippen LogP contribution in [0.1, 0.15) is 76.8 Å². The highest BCUT2D eigenvalue weighted by Crippen LogP contribution is 2.44. The maximum atomic E-state index is 13.1. The Morgan fingerprint density at radius 1 is 1.23 bits per heavy atom. The fourth-order valence-electron chi connectivity index (χ4n) is 5.23. The number of Topliss-reactive ketones (excluding diaryl/α,β-unsaturated/α-hetero) is 1. The summed E-state index contributed by atoms with van der Waals surface area (Å²) in [6.45, 7) is 5.35. The zero-order valence-corrected chi connectivity index (χ0v) is 17.9. The highest BCUT2D eigenvalue weighted by Gasteiger charge is 2.43. The molecule has 7 nitrogen and oxygen atoms in total. The van der Waals surface area contributed by atoms with Gasteiger partial charge in [-0.25, -0.2) is 0 Å². The maximum Gasteiger partial charge on any atom is 0.255 e. The second kappa shape index (κ2) is 7.16. The van der Waals surface area contributed by atoms with Gasteiger partial charge in [0.2, 0.25) is 0 Å². The molecule has 0 radical (unpaired) electrons. The van der Waals surface area contributed by atoms with E-state index in [1.165, 1.54) is 0 Å². The minimum Gasteiger partial charge on any atom is -0.339 e. The van der Waals surface area contributed by atoms with Gasteiger partial charge in [0.1, 0.15) is 5.69 Å². The lowest BCUT2D eigenvalue weighted by atomic mass is 9.67. The van der Waals surface area contributed by atoms with Crippen LogP contribution in [-0.2, 0) is 12.8 Å². The Morgan fingerprint density at radius 3 is 2.71 bits per heavy atom. The zero-order chi connectivity index (χ0) is 21.8. The van der Waals surface area contributed by atoms with Crippen LogP contribution in [0.5, 0.6) is 0 Å². The van der Waals surface area contributed by atoms with Crippen LogP contribution < -0.4 is 0 Å². The van der Waals surface area contributed by atoms with Crippen molar-refractivity contribution in [3.8, 4) is 6.07 Å². The number of hydrogen-bond donors (Lipinski definition) is 0. The maximum absolute atomic E-state index is 13.1. The molecular formula is C24H25N5O2. The minimum absolute atomic E-state index is 0.0283. The molecule has 0 aromatic carbocycles. The Hall–Kier alpha value is -3.27. The van der Waals surface area contributed by atoms with Crippen molar-refractivity contribution in [2.24, 2.45) is 5.41 Å². The predicted molar refractivity (Wildman–Crippen MR) is 114 cm³/mol. The lowest BCUT2D eigenvalue weighted by molar-refractivity contribution is 0.0517. The molecule has 0 unspecified atom stereocenters. The van der Waals surface area contributed by atoms with E-state index < -0.39 is 0 Å². The van der Waals surface area contributed by atoms with E-state index in [0.717, 1.165) is 41.8 Å². The summed E-state index contributed by atoms with van der Waals surface area (Å²) in [5.74, 6) is 0.148. The van der Waals surface area contributed by atoms with Gasteiger partial charge in [0.15, 0.2) is 5.78 Å². The summed E-state index contributed by atoms with van der Waals surface area (Å²) in [5.41, 5.74) is 4.69. The molecule has 3 aliphatic rings. The SMILES string of the molecule is CC(C)n1ncc2c1C(=O)CC1(CCN(C(=O)c3cnc4c(c3)C=C(C#N)C4)CC1)C2. The number of ketones is 1. The average Bonchev–Trinajstić information content (AvgIpc) is 3.37. The monoisotopic (exact) mass is 415 g/mol. The van der Waals surface area contributed by atoms with Crippen LogP contribution in [-0.4, -0.2) is 44.4 Å². The Morgan fingerprint density at radius 2 is 2.00 bits per heavy atom. The van der Waals surface area contributed by atoms with Crippen LogP contribution in [0, 0.1) is 16.7 Å². The van der Waals surface area contributed by atoms with Crippen molar-refractivity contribution in [3.63, 3.8) is 0 Å². The second-order valence-corrected chi connectivity index (χ2v) is 9.34. The summed E-state index contributed by atoms with van der Waals surface area (Å²) in [7, 11) is 0. The molecule has 5 rings (SSSR count). The number of fused-ring (bicyclic) bond motifs is 2. The molecule has 7 heteroatoms. The fourth-order valence-corrected chi connectivity index (χ4v) is 5.23. The van der Waals surface area contributed by atoms with Crippen LogP contribution in [0.3, 0.4) is 0 Å². The Kier molecular flexibility index (Phi) is 4.54. The topological polar surface area (TPSA) is 91.9 Å². The Bertz CT molecular complexity index is 1160. The molecule has 1 aliphatic heterocycles. The van der Waals surface area contributed by atoms with Gasteiger partial charge in [0.05, 0.1) is 23.5 Å². The molecule has 0 bridgehead atoms. The Balaban J connectivity index is 1.30. The number of carbonyl (C=O) groups excluding carboxylic acids is 2. The number of carbonyl (C=O) groups is 2. The van der Waals surface area contributed by atoms with Gasteiger partial charge in [-0.15, -0.1) is 0 Å². The van der Waals surface area contributed by atoms with E-state index in [9.17, 15) is 9.59 Å². The van der Waals surface area contributed by atoms with Crippen LogP contribution in [0.25, 0.3) is 6.08 Å². The van der Waals surface area contributed by atoms with Gasteiger partial charge >= 0.3 is 0 Å². The van der Waals surface area contributed by atoms with E-state index in [2.05, 4.69) is 16.2 Å². The number of likely N-dealkylation sites (tertiary alicyclic amines) is 1. The number of rotatable bonds is 2. The molecule has 1 spiro atoms. The third-order valence-corrected chi connectivity index (χ3v) is 6.92. The molecule has 0 atom stereocenters. The number of allylic oxidation sites excluding steroid dienone is 1. The summed E-state index contributed by atoms with van der Waals surface area (Å²) in [4.78, 5) is 32.3. The first-order valence-electron chi connectivity index (χ1n) is 10.9. The highest BCUT2D eigenvalue weighted by molar-refractivity contribution is 5.98. The quantitative estimate of drug-likeness (QED) is 0.750. The van der Waals surface area contributed by atoms with Gasteiger partial charge in [-0.1, -0.05) is 0 Å². The number of pyridine rings is 1. The standard InChI is InChI=1S/C24H25N5O2/c1-15(2)29-22-19(14-27-29)10-24(11-21(22)30)3-5-28(6-4-24)23(31)18-9-17-7-16(12-25)8-20(17)26-13-18/h7,9,13-15H,3-6,8,10-11H2,1-2H3. The van der Waals surface area contributed by atoms with E-state index in [0.29, 0.717) is 37.1 Å². The lowest BCUT2D eigenvalue weighted by Gasteiger charge is -2.43. The van der Waals surface area contributed by atoms with E-state index in [4.69, 9.17) is 5.26 Å². The Labute approximate surface area is 181 Å². The van der Waals surface area contributed by atoms with E-state index in [1.807, 2.05) is 41.8 Å². The van der Waals surface area contributed by atoms with E-state index in [1.54, 1.807) is 6.20 Å². The fraction of sp³-hybridized carbons (Fsp3) is 0.458. The molecule has 2 aliphatic carbocycles. The van der Waals surface area contributed by atoms with Crippen molar-refractivity contribution >= 4 is 17.8 Å². The first-order valence-corrected chi connectivity index (χ1v) is 10.9. The zero-order valence-electron chi connectivity index (χ0n) is 17.9. The third kappa shape index (κ3) is 3.27. The van der Waals surface area contributed by atoms with Crippen molar-refractivity contribution < 1.29 is 9.59 Å². The molecule has 158 valence electrons. The van der Waals surface area contributed by atoms with E-state index >= 15 is 0 Å². The molecule has 31 heavy (non-hydrogen) atoms. The third-order valence-electron chi connectivity index (χ3n) is 6.92. The summed E-state index contributed by atoms with van der Waals surface area (Å²) < 4.78 is 1.84. The van der Waals surface area contributed by atoms with Gasteiger partial charge in [0, 0.05) is 49.3 Å². The van der Waals surface area contributed by atoms with Crippen LogP contribution >= 0.6 is 0 Å². The first kappa shape index (κ1) is 19.7.